The summed E-state index contributed by atoms with van der Waals surface area (Å²) in [6.07, 6.45) is 0. The third-order valence-corrected chi connectivity index (χ3v) is 12.5. The molecule has 0 saturated heterocycles. The Morgan fingerprint density at radius 1 is 0.310 bits per heavy atom. The molecule has 268 valence electrons. The zero-order valence-corrected chi connectivity index (χ0v) is 31.4. The second-order valence-electron chi connectivity index (χ2n) is 15.6. The first kappa shape index (κ1) is 31.5. The zero-order chi connectivity index (χ0) is 37.9. The minimum absolute atomic E-state index is 0.908. The minimum Gasteiger partial charge on any atom is -0.455 e. The number of fused-ring (bicyclic) bond motifs is 6. The molecule has 0 bridgehead atoms. The lowest BCUT2D eigenvalue weighted by atomic mass is 9.87. The van der Waals surface area contributed by atoms with Gasteiger partial charge in [-0.2, -0.15) is 0 Å². The van der Waals surface area contributed by atoms with Crippen molar-refractivity contribution in [1.82, 2.24) is 0 Å². The monoisotopic (exact) mass is 735 g/mol. The molecule has 0 aliphatic rings. The quantitative estimate of drug-likeness (QED) is 0.167. The van der Waals surface area contributed by atoms with Gasteiger partial charge in [0.1, 0.15) is 11.2 Å². The summed E-state index contributed by atoms with van der Waals surface area (Å²) in [4.78, 5) is 2.48. The fourth-order valence-corrected chi connectivity index (χ4v) is 10.0. The molecule has 1 heterocycles. The summed E-state index contributed by atoms with van der Waals surface area (Å²) in [5.74, 6) is 0. The van der Waals surface area contributed by atoms with Crippen LogP contribution in [0.1, 0.15) is 0 Å². The lowest BCUT2D eigenvalue weighted by Crippen LogP contribution is -2.11. The smallest absolute Gasteiger partial charge is 0.143 e. The van der Waals surface area contributed by atoms with Crippen LogP contribution in [-0.2, 0) is 0 Å². The SMILES string of the molecule is c1ccc2c(N(c3ccc(-c4cccc5c4oc4ccccc45)cc3)c3cc4cccc5c6cccc7ccc8cccc(c9cccc3c9c45)c8c76)cccc2c1. The summed E-state index contributed by atoms with van der Waals surface area (Å²) < 4.78 is 6.49. The molecule has 0 unspecified atom stereocenters. The lowest BCUT2D eigenvalue weighted by molar-refractivity contribution is 0.670. The van der Waals surface area contributed by atoms with Crippen LogP contribution in [0.2, 0.25) is 0 Å². The van der Waals surface area contributed by atoms with Crippen molar-refractivity contribution < 1.29 is 4.42 Å². The van der Waals surface area contributed by atoms with E-state index in [0.29, 0.717) is 0 Å². The van der Waals surface area contributed by atoms with Crippen LogP contribution in [0.5, 0.6) is 0 Å². The number of hydrogen-bond acceptors (Lipinski definition) is 2. The van der Waals surface area contributed by atoms with Crippen molar-refractivity contribution >= 4 is 114 Å². The topological polar surface area (TPSA) is 16.4 Å². The molecule has 0 radical (unpaired) electrons. The Balaban J connectivity index is 1.13. The van der Waals surface area contributed by atoms with Crippen molar-refractivity contribution in [3.63, 3.8) is 0 Å². The van der Waals surface area contributed by atoms with E-state index in [9.17, 15) is 0 Å². The average molecular weight is 736 g/mol. The fourth-order valence-electron chi connectivity index (χ4n) is 10.0. The van der Waals surface area contributed by atoms with Gasteiger partial charge in [-0.1, -0.05) is 170 Å². The van der Waals surface area contributed by atoms with Crippen molar-refractivity contribution in [2.24, 2.45) is 0 Å². The average Bonchev–Trinajstić information content (AvgIpc) is 3.67. The molecule has 0 saturated carbocycles. The van der Waals surface area contributed by atoms with Crippen LogP contribution in [0.3, 0.4) is 0 Å². The van der Waals surface area contributed by atoms with Gasteiger partial charge in [0, 0.05) is 38.2 Å². The number of anilines is 3. The number of rotatable bonds is 4. The maximum Gasteiger partial charge on any atom is 0.143 e. The Morgan fingerprint density at radius 3 is 1.59 bits per heavy atom. The highest BCUT2D eigenvalue weighted by Gasteiger charge is 2.23. The van der Waals surface area contributed by atoms with Crippen LogP contribution in [0.25, 0.3) is 108 Å². The van der Waals surface area contributed by atoms with Gasteiger partial charge in [-0.15, -0.1) is 0 Å². The summed E-state index contributed by atoms with van der Waals surface area (Å²) in [5.41, 5.74) is 7.39. The molecule has 1 aromatic heterocycles. The maximum atomic E-state index is 6.49. The first-order valence-corrected chi connectivity index (χ1v) is 20.0. The molecule has 2 heteroatoms. The summed E-state index contributed by atoms with van der Waals surface area (Å²) in [7, 11) is 0. The van der Waals surface area contributed by atoms with Crippen molar-refractivity contribution in [1.29, 1.82) is 0 Å². The maximum absolute atomic E-state index is 6.49. The third kappa shape index (κ3) is 4.37. The molecule has 13 rings (SSSR count). The molecule has 12 aromatic carbocycles. The van der Waals surface area contributed by atoms with E-state index in [0.717, 1.165) is 50.1 Å². The normalized spacial score (nSPS) is 12.1. The summed E-state index contributed by atoms with van der Waals surface area (Å²) in [6.45, 7) is 0. The second-order valence-corrected chi connectivity index (χ2v) is 15.6. The predicted octanol–water partition coefficient (Wildman–Crippen LogP) is 16.2. The van der Waals surface area contributed by atoms with E-state index >= 15 is 0 Å². The largest absolute Gasteiger partial charge is 0.455 e. The van der Waals surface area contributed by atoms with E-state index in [2.05, 4.69) is 199 Å². The third-order valence-electron chi connectivity index (χ3n) is 12.5. The van der Waals surface area contributed by atoms with Crippen LogP contribution < -0.4 is 4.90 Å². The van der Waals surface area contributed by atoms with Gasteiger partial charge >= 0.3 is 0 Å². The number of nitrogens with zero attached hydrogens (tertiary/aromatic N) is 1. The Kier molecular flexibility index (Phi) is 6.47. The molecule has 0 amide bonds. The van der Waals surface area contributed by atoms with Crippen molar-refractivity contribution in [3.05, 3.63) is 200 Å². The molecule has 0 atom stereocenters. The Morgan fingerprint density at radius 2 is 0.828 bits per heavy atom. The summed E-state index contributed by atoms with van der Waals surface area (Å²) >= 11 is 0. The van der Waals surface area contributed by atoms with Crippen LogP contribution in [0, 0.1) is 0 Å². The highest BCUT2D eigenvalue weighted by atomic mass is 16.3. The molecule has 0 N–H and O–H groups in total. The van der Waals surface area contributed by atoms with Crippen LogP contribution in [0.15, 0.2) is 205 Å². The Labute approximate surface area is 333 Å². The van der Waals surface area contributed by atoms with E-state index in [4.69, 9.17) is 4.42 Å². The zero-order valence-electron chi connectivity index (χ0n) is 31.4. The van der Waals surface area contributed by atoms with Gasteiger partial charge in [0.15, 0.2) is 0 Å². The first-order valence-electron chi connectivity index (χ1n) is 20.0. The fraction of sp³-hybridized carbons (Fsp3) is 0. The van der Waals surface area contributed by atoms with Gasteiger partial charge in [0.2, 0.25) is 0 Å². The summed E-state index contributed by atoms with van der Waals surface area (Å²) in [6, 6.07) is 73.5. The number of furan rings is 1. The molecule has 13 aromatic rings. The van der Waals surface area contributed by atoms with Crippen LogP contribution in [-0.4, -0.2) is 0 Å². The van der Waals surface area contributed by atoms with E-state index in [1.54, 1.807) is 0 Å². The molecular formula is C56H33NO. The lowest BCUT2D eigenvalue weighted by Gasteiger charge is -2.29. The number of hydrogen-bond donors (Lipinski definition) is 0. The van der Waals surface area contributed by atoms with Gasteiger partial charge in [0.25, 0.3) is 0 Å². The first-order chi connectivity index (χ1) is 28.8. The van der Waals surface area contributed by atoms with Crippen molar-refractivity contribution in [3.8, 4) is 11.1 Å². The molecule has 0 aliphatic heterocycles. The van der Waals surface area contributed by atoms with Crippen molar-refractivity contribution in [2.45, 2.75) is 0 Å². The van der Waals surface area contributed by atoms with E-state index in [1.807, 2.05) is 6.07 Å². The molecule has 0 fully saturated rings. The number of benzene rings is 11. The molecule has 58 heavy (non-hydrogen) atoms. The van der Waals surface area contributed by atoms with Gasteiger partial charge in [-0.25, -0.2) is 0 Å². The van der Waals surface area contributed by atoms with Gasteiger partial charge in [-0.3, -0.25) is 0 Å². The minimum atomic E-state index is 0.908. The van der Waals surface area contributed by atoms with E-state index in [-0.39, 0.29) is 0 Å². The Bertz CT molecular complexity index is 3790. The molecule has 2 nitrogen and oxygen atoms in total. The molecule has 0 spiro atoms. The molecule has 0 aliphatic carbocycles. The van der Waals surface area contributed by atoms with Crippen LogP contribution in [0.4, 0.5) is 17.1 Å². The van der Waals surface area contributed by atoms with E-state index < -0.39 is 0 Å². The second kappa shape index (κ2) is 11.9. The van der Waals surface area contributed by atoms with Crippen LogP contribution >= 0.6 is 0 Å². The van der Waals surface area contributed by atoms with Crippen molar-refractivity contribution in [2.75, 3.05) is 4.90 Å². The molecular weight excluding hydrogens is 703 g/mol. The van der Waals surface area contributed by atoms with Gasteiger partial charge in [0.05, 0.1) is 11.4 Å². The highest BCUT2D eigenvalue weighted by molar-refractivity contribution is 6.38. The van der Waals surface area contributed by atoms with E-state index in [1.165, 1.54) is 75.4 Å². The standard InChI is InChI=1S/C56H33NO/c1-2-16-40-34(11-1)12-8-25-49(40)57(39-31-29-35(30-32-39)41-18-9-23-47-42-17-3-4-26-51(42)58-56(41)47)50-33-38-15-7-21-44-43-19-5-13-36-27-28-37-14-6-20-45(53(37)52(36)43)46-22-10-24-48(50)55(46)54(38)44/h1-33H. The number of para-hydroxylation sites is 2. The Hall–Kier alpha value is -7.68. The summed E-state index contributed by atoms with van der Waals surface area (Å²) in [5, 5.41) is 19.9. The van der Waals surface area contributed by atoms with Gasteiger partial charge < -0.3 is 9.32 Å². The predicted molar refractivity (Wildman–Crippen MR) is 248 cm³/mol. The highest BCUT2D eigenvalue weighted by Crippen LogP contribution is 2.49. The van der Waals surface area contributed by atoms with Gasteiger partial charge in [-0.05, 0) is 95.1 Å².